The number of nitrogens with zero attached hydrogens (tertiary/aromatic N) is 5. The zero-order chi connectivity index (χ0) is 23.3. The molecule has 0 unspecified atom stereocenters. The molecule has 0 spiro atoms. The van der Waals surface area contributed by atoms with E-state index in [-0.39, 0.29) is 35.8 Å². The van der Waals surface area contributed by atoms with Gasteiger partial charge in [0.25, 0.3) is 5.91 Å². The molecule has 1 aliphatic heterocycles. The summed E-state index contributed by atoms with van der Waals surface area (Å²) in [6.45, 7) is -1.12. The van der Waals surface area contributed by atoms with Crippen molar-refractivity contribution < 1.29 is 22.4 Å². The average molecular weight is 455 g/mol. The van der Waals surface area contributed by atoms with E-state index in [1.54, 1.807) is 31.3 Å². The minimum absolute atomic E-state index is 0.0280. The second kappa shape index (κ2) is 7.95. The first-order valence-electron chi connectivity index (χ1n) is 10.2. The summed E-state index contributed by atoms with van der Waals surface area (Å²) in [5.41, 5.74) is 1.48. The Balaban J connectivity index is 1.54. The number of rotatable bonds is 3. The van der Waals surface area contributed by atoms with E-state index < -0.39 is 24.2 Å². The molecular formula is C23H17F4N5O. The Morgan fingerprint density at radius 2 is 1.88 bits per heavy atom. The van der Waals surface area contributed by atoms with Crippen LogP contribution in [0.5, 0.6) is 0 Å². The van der Waals surface area contributed by atoms with Crippen LogP contribution >= 0.6 is 0 Å². The minimum Gasteiger partial charge on any atom is -0.330 e. The van der Waals surface area contributed by atoms with Crippen LogP contribution in [-0.2, 0) is 6.42 Å². The first kappa shape index (κ1) is 21.0. The summed E-state index contributed by atoms with van der Waals surface area (Å²) in [5.74, 6) is -2.07. The highest BCUT2D eigenvalue weighted by molar-refractivity contribution is 5.97. The number of hydrogen-bond donors (Lipinski definition) is 0. The van der Waals surface area contributed by atoms with E-state index in [1.807, 2.05) is 0 Å². The van der Waals surface area contributed by atoms with Gasteiger partial charge in [-0.2, -0.15) is 13.9 Å². The molecule has 168 valence electrons. The lowest BCUT2D eigenvalue weighted by Crippen LogP contribution is -2.39. The van der Waals surface area contributed by atoms with Crippen molar-refractivity contribution in [3.05, 3.63) is 77.2 Å². The van der Waals surface area contributed by atoms with Gasteiger partial charge in [0, 0.05) is 41.5 Å². The molecule has 0 N–H and O–H groups in total. The molecule has 0 radical (unpaired) electrons. The van der Waals surface area contributed by atoms with Gasteiger partial charge >= 0.3 is 6.55 Å². The molecule has 1 atom stereocenters. The minimum atomic E-state index is -3.02. The summed E-state index contributed by atoms with van der Waals surface area (Å²) in [7, 11) is 0. The van der Waals surface area contributed by atoms with Crippen LogP contribution in [0.2, 0.25) is 0 Å². The number of carbonyl (C=O) groups excluding carboxylic acids is 1. The van der Waals surface area contributed by atoms with Crippen LogP contribution in [0.25, 0.3) is 22.3 Å². The third-order valence-corrected chi connectivity index (χ3v) is 5.79. The van der Waals surface area contributed by atoms with Crippen molar-refractivity contribution in [3.8, 4) is 11.3 Å². The van der Waals surface area contributed by atoms with E-state index in [4.69, 9.17) is 0 Å². The molecule has 3 aromatic heterocycles. The number of carbonyl (C=O) groups is 1. The summed E-state index contributed by atoms with van der Waals surface area (Å²) in [5, 5.41) is 4.75. The summed E-state index contributed by atoms with van der Waals surface area (Å²) in [6, 6.07) is 7.24. The smallest absolute Gasteiger partial charge is 0.330 e. The molecule has 5 rings (SSSR count). The lowest BCUT2D eigenvalue weighted by Gasteiger charge is -2.33. The molecular weight excluding hydrogens is 438 g/mol. The molecule has 10 heteroatoms. The summed E-state index contributed by atoms with van der Waals surface area (Å²) >= 11 is 0. The highest BCUT2D eigenvalue weighted by atomic mass is 19.3. The fraction of sp³-hybridized carbons (Fsp3) is 0.217. The number of amides is 1. The number of hydrogen-bond acceptors (Lipinski definition) is 4. The van der Waals surface area contributed by atoms with Gasteiger partial charge in [-0.05, 0) is 43.7 Å². The maximum Gasteiger partial charge on any atom is 0.333 e. The molecule has 0 fully saturated rings. The second-order valence-electron chi connectivity index (χ2n) is 7.79. The Bertz CT molecular complexity index is 1370. The van der Waals surface area contributed by atoms with Crippen LogP contribution < -0.4 is 0 Å². The van der Waals surface area contributed by atoms with Gasteiger partial charge in [0.2, 0.25) is 0 Å². The van der Waals surface area contributed by atoms with E-state index in [2.05, 4.69) is 15.1 Å². The van der Waals surface area contributed by atoms with Crippen LogP contribution in [0.1, 0.15) is 41.1 Å². The van der Waals surface area contributed by atoms with Crippen LogP contribution in [0.4, 0.5) is 17.6 Å². The van der Waals surface area contributed by atoms with Gasteiger partial charge in [0.1, 0.15) is 11.6 Å². The van der Waals surface area contributed by atoms with Crippen molar-refractivity contribution in [2.75, 3.05) is 6.54 Å². The normalized spacial score (nSPS) is 15.8. The SMILES string of the molecule is C[C@H]1c2nn(C(F)F)c(-c3cc(F)cc(F)c3)c2CCN1C(=O)c1cnc2ncccc2c1. The van der Waals surface area contributed by atoms with Crippen molar-refractivity contribution in [1.82, 2.24) is 24.6 Å². The predicted molar refractivity (Wildman–Crippen MR) is 112 cm³/mol. The lowest BCUT2D eigenvalue weighted by atomic mass is 9.95. The highest BCUT2D eigenvalue weighted by Crippen LogP contribution is 2.38. The van der Waals surface area contributed by atoms with Crippen LogP contribution in [0.3, 0.4) is 0 Å². The average Bonchev–Trinajstić information content (AvgIpc) is 3.19. The number of benzene rings is 1. The van der Waals surface area contributed by atoms with E-state index >= 15 is 0 Å². The fourth-order valence-corrected chi connectivity index (χ4v) is 4.31. The fourth-order valence-electron chi connectivity index (χ4n) is 4.31. The molecule has 1 aromatic carbocycles. The lowest BCUT2D eigenvalue weighted by molar-refractivity contribution is 0.0567. The van der Waals surface area contributed by atoms with E-state index in [9.17, 15) is 22.4 Å². The maximum absolute atomic E-state index is 13.8. The summed E-state index contributed by atoms with van der Waals surface area (Å²) in [4.78, 5) is 23.1. The molecule has 33 heavy (non-hydrogen) atoms. The number of pyridine rings is 2. The Kier molecular flexibility index (Phi) is 5.07. The Morgan fingerprint density at radius 1 is 1.12 bits per heavy atom. The van der Waals surface area contributed by atoms with Gasteiger partial charge in [0.15, 0.2) is 5.65 Å². The molecule has 0 saturated carbocycles. The largest absolute Gasteiger partial charge is 0.333 e. The molecule has 4 aromatic rings. The van der Waals surface area contributed by atoms with Crippen LogP contribution in [-0.4, -0.2) is 37.1 Å². The predicted octanol–water partition coefficient (Wildman–Crippen LogP) is 4.93. The number of halogens is 4. The monoisotopic (exact) mass is 455 g/mol. The van der Waals surface area contributed by atoms with Gasteiger partial charge in [0.05, 0.1) is 23.0 Å². The van der Waals surface area contributed by atoms with E-state index in [0.717, 1.165) is 12.1 Å². The van der Waals surface area contributed by atoms with Crippen molar-refractivity contribution in [1.29, 1.82) is 0 Å². The third kappa shape index (κ3) is 3.61. The number of fused-ring (bicyclic) bond motifs is 2. The summed E-state index contributed by atoms with van der Waals surface area (Å²) < 4.78 is 55.7. The van der Waals surface area contributed by atoms with E-state index in [0.29, 0.717) is 32.9 Å². The maximum atomic E-state index is 13.8. The number of aromatic nitrogens is 4. The molecule has 0 saturated heterocycles. The Hall–Kier alpha value is -3.82. The third-order valence-electron chi connectivity index (χ3n) is 5.79. The zero-order valence-corrected chi connectivity index (χ0v) is 17.3. The highest BCUT2D eigenvalue weighted by Gasteiger charge is 2.35. The van der Waals surface area contributed by atoms with Gasteiger partial charge in [-0.25, -0.2) is 23.4 Å². The van der Waals surface area contributed by atoms with Crippen LogP contribution in [0.15, 0.2) is 48.8 Å². The molecule has 0 aliphatic carbocycles. The molecule has 1 amide bonds. The summed E-state index contributed by atoms with van der Waals surface area (Å²) in [6.07, 6.45) is 3.24. The topological polar surface area (TPSA) is 63.9 Å². The molecule has 4 heterocycles. The Morgan fingerprint density at radius 3 is 2.61 bits per heavy atom. The van der Waals surface area contributed by atoms with Crippen molar-refractivity contribution in [2.45, 2.75) is 25.9 Å². The van der Waals surface area contributed by atoms with Gasteiger partial charge in [-0.15, -0.1) is 0 Å². The van der Waals surface area contributed by atoms with E-state index in [1.165, 1.54) is 11.1 Å². The van der Waals surface area contributed by atoms with Gasteiger partial charge in [-0.1, -0.05) is 0 Å². The van der Waals surface area contributed by atoms with Gasteiger partial charge < -0.3 is 4.90 Å². The number of alkyl halides is 2. The first-order valence-corrected chi connectivity index (χ1v) is 10.2. The van der Waals surface area contributed by atoms with Gasteiger partial charge in [-0.3, -0.25) is 4.79 Å². The van der Waals surface area contributed by atoms with Crippen LogP contribution in [0, 0.1) is 11.6 Å². The standard InChI is InChI=1S/C23H17F4N5O/c1-12-19-18(20(32(30-19)23(26)27)14-8-16(24)10-17(25)9-14)4-6-31(12)22(33)15-7-13-3-2-5-28-21(13)29-11-15/h2-3,5,7-12,23H,4,6H2,1H3/t12-/m0/s1. The molecule has 6 nitrogen and oxygen atoms in total. The quantitative estimate of drug-likeness (QED) is 0.411. The second-order valence-corrected chi connectivity index (χ2v) is 7.79. The van der Waals surface area contributed by atoms with Crippen molar-refractivity contribution >= 4 is 16.9 Å². The van der Waals surface area contributed by atoms with Crippen molar-refractivity contribution in [2.24, 2.45) is 0 Å². The molecule has 1 aliphatic rings. The zero-order valence-electron chi connectivity index (χ0n) is 17.3. The molecule has 0 bridgehead atoms. The Labute approximate surface area is 185 Å². The first-order chi connectivity index (χ1) is 15.8. The van der Waals surface area contributed by atoms with Crippen molar-refractivity contribution in [3.63, 3.8) is 0 Å².